The lowest BCUT2D eigenvalue weighted by Crippen LogP contribution is -2.58. The van der Waals surface area contributed by atoms with Gasteiger partial charge in [-0.2, -0.15) is 13.2 Å². The van der Waals surface area contributed by atoms with Crippen LogP contribution in [-0.4, -0.2) is 59.6 Å². The third-order valence-corrected chi connectivity index (χ3v) is 5.57. The van der Waals surface area contributed by atoms with Gasteiger partial charge in [0, 0.05) is 35.2 Å². The lowest BCUT2D eigenvalue weighted by atomic mass is 10.1. The van der Waals surface area contributed by atoms with Crippen LogP contribution < -0.4 is 0 Å². The van der Waals surface area contributed by atoms with Crippen molar-refractivity contribution in [1.82, 2.24) is 14.8 Å². The summed E-state index contributed by atoms with van der Waals surface area (Å²) in [6, 6.07) is 10.5. The van der Waals surface area contributed by atoms with E-state index in [4.69, 9.17) is 4.42 Å². The number of alkyl halides is 3. The first-order chi connectivity index (χ1) is 13.7. The number of aromatic nitrogens is 1. The van der Waals surface area contributed by atoms with Crippen molar-refractivity contribution in [2.75, 3.05) is 26.7 Å². The first-order valence-corrected chi connectivity index (χ1v) is 9.74. The average Bonchev–Trinajstić information content (AvgIpc) is 3.10. The van der Waals surface area contributed by atoms with Crippen molar-refractivity contribution < 1.29 is 22.4 Å². The van der Waals surface area contributed by atoms with Gasteiger partial charge < -0.3 is 9.32 Å². The van der Waals surface area contributed by atoms with Gasteiger partial charge in [-0.05, 0) is 49.5 Å². The molecule has 1 atom stereocenters. The van der Waals surface area contributed by atoms with E-state index in [9.17, 15) is 18.0 Å². The summed E-state index contributed by atoms with van der Waals surface area (Å²) < 4.78 is 46.3. The van der Waals surface area contributed by atoms with Gasteiger partial charge in [-0.25, -0.2) is 4.98 Å². The van der Waals surface area contributed by atoms with E-state index in [1.165, 1.54) is 16.8 Å². The molecule has 1 aromatic heterocycles. The van der Waals surface area contributed by atoms with Crippen molar-refractivity contribution in [2.45, 2.75) is 12.2 Å². The average molecular weight is 468 g/mol. The molecule has 0 N–H and O–H groups in total. The number of amides is 1. The second kappa shape index (κ2) is 7.46. The van der Waals surface area contributed by atoms with Gasteiger partial charge in [0.1, 0.15) is 11.6 Å². The normalized spacial score (nSPS) is 18.4. The minimum Gasteiger partial charge on any atom is -0.436 e. The van der Waals surface area contributed by atoms with Crippen LogP contribution in [0.25, 0.3) is 22.6 Å². The fraction of sp³-hybridized carbons (Fsp3) is 0.300. The van der Waals surface area contributed by atoms with Gasteiger partial charge in [-0.15, -0.1) is 0 Å². The number of rotatable bonds is 2. The van der Waals surface area contributed by atoms with Crippen LogP contribution in [0.15, 0.2) is 51.4 Å². The van der Waals surface area contributed by atoms with E-state index in [1.807, 2.05) is 24.3 Å². The van der Waals surface area contributed by atoms with Crippen LogP contribution >= 0.6 is 15.9 Å². The van der Waals surface area contributed by atoms with E-state index >= 15 is 0 Å². The van der Waals surface area contributed by atoms with Crippen LogP contribution in [0.1, 0.15) is 10.4 Å². The van der Waals surface area contributed by atoms with Crippen molar-refractivity contribution in [3.8, 4) is 11.5 Å². The Labute approximate surface area is 173 Å². The Balaban J connectivity index is 1.59. The number of benzene rings is 2. The Kier molecular flexibility index (Phi) is 5.12. The topological polar surface area (TPSA) is 49.6 Å². The molecule has 4 rings (SSSR count). The maximum atomic E-state index is 13.2. The van der Waals surface area contributed by atoms with E-state index in [1.54, 1.807) is 18.2 Å². The first-order valence-electron chi connectivity index (χ1n) is 8.95. The third kappa shape index (κ3) is 4.02. The van der Waals surface area contributed by atoms with E-state index < -0.39 is 18.1 Å². The largest absolute Gasteiger partial charge is 0.436 e. The fourth-order valence-corrected chi connectivity index (χ4v) is 3.63. The minimum atomic E-state index is -4.39. The van der Waals surface area contributed by atoms with Crippen molar-refractivity contribution in [3.63, 3.8) is 0 Å². The number of likely N-dealkylation sites (N-methyl/N-ethyl adjacent to an activating group) is 1. The summed E-state index contributed by atoms with van der Waals surface area (Å²) in [4.78, 5) is 19.7. The lowest BCUT2D eigenvalue weighted by molar-refractivity contribution is -0.190. The molecule has 0 bridgehead atoms. The molecule has 1 aliphatic rings. The Morgan fingerprint density at radius 1 is 1.17 bits per heavy atom. The predicted molar refractivity (Wildman–Crippen MR) is 106 cm³/mol. The van der Waals surface area contributed by atoms with Crippen LogP contribution in [0.2, 0.25) is 0 Å². The van der Waals surface area contributed by atoms with E-state index in [-0.39, 0.29) is 19.6 Å². The van der Waals surface area contributed by atoms with Gasteiger partial charge in [0.15, 0.2) is 5.58 Å². The fourth-order valence-electron chi connectivity index (χ4n) is 3.37. The highest BCUT2D eigenvalue weighted by molar-refractivity contribution is 9.10. The number of piperazine rings is 1. The molecule has 1 fully saturated rings. The Morgan fingerprint density at radius 2 is 1.90 bits per heavy atom. The zero-order valence-electron chi connectivity index (χ0n) is 15.4. The predicted octanol–water partition coefficient (Wildman–Crippen LogP) is 4.58. The van der Waals surface area contributed by atoms with Crippen LogP contribution in [0.4, 0.5) is 13.2 Å². The van der Waals surface area contributed by atoms with Crippen molar-refractivity contribution in [2.24, 2.45) is 0 Å². The molecule has 2 aromatic carbocycles. The molecule has 3 aromatic rings. The highest BCUT2D eigenvalue weighted by Crippen LogP contribution is 2.29. The highest BCUT2D eigenvalue weighted by atomic mass is 79.9. The molecule has 2 heterocycles. The number of carbonyl (C=O) groups excluding carboxylic acids is 1. The number of carbonyl (C=O) groups is 1. The second-order valence-electron chi connectivity index (χ2n) is 7.00. The summed E-state index contributed by atoms with van der Waals surface area (Å²) in [5.41, 5.74) is 2.06. The number of fused-ring (bicyclic) bond motifs is 1. The molecule has 5 nitrogen and oxygen atoms in total. The lowest BCUT2D eigenvalue weighted by Gasteiger charge is -2.40. The second-order valence-corrected chi connectivity index (χ2v) is 7.91. The summed E-state index contributed by atoms with van der Waals surface area (Å²) in [5.74, 6) is -0.0312. The highest BCUT2D eigenvalue weighted by Gasteiger charge is 2.46. The maximum Gasteiger partial charge on any atom is 0.405 e. The van der Waals surface area contributed by atoms with Gasteiger partial charge >= 0.3 is 6.18 Å². The van der Waals surface area contributed by atoms with E-state index in [2.05, 4.69) is 20.9 Å². The maximum absolute atomic E-state index is 13.2. The van der Waals surface area contributed by atoms with Crippen molar-refractivity contribution in [1.29, 1.82) is 0 Å². The number of halogens is 4. The van der Waals surface area contributed by atoms with Gasteiger partial charge in [0.2, 0.25) is 5.89 Å². The van der Waals surface area contributed by atoms with Crippen molar-refractivity contribution in [3.05, 3.63) is 52.5 Å². The third-order valence-electron chi connectivity index (χ3n) is 5.04. The molecule has 0 spiro atoms. The quantitative estimate of drug-likeness (QED) is 0.553. The summed E-state index contributed by atoms with van der Waals surface area (Å²) in [7, 11) is 1.42. The molecule has 0 radical (unpaired) electrons. The molecule has 9 heteroatoms. The van der Waals surface area contributed by atoms with Crippen LogP contribution in [0.5, 0.6) is 0 Å². The van der Waals surface area contributed by atoms with Gasteiger partial charge in [-0.1, -0.05) is 15.9 Å². The Bertz CT molecular complexity index is 1050. The summed E-state index contributed by atoms with van der Waals surface area (Å²) in [6.45, 7) is 0.0125. The Hall–Kier alpha value is -2.39. The zero-order valence-corrected chi connectivity index (χ0v) is 17.0. The molecule has 1 saturated heterocycles. The molecule has 152 valence electrons. The summed E-state index contributed by atoms with van der Waals surface area (Å²) in [5, 5.41) is 0. The van der Waals surface area contributed by atoms with Crippen LogP contribution in [0.3, 0.4) is 0 Å². The summed E-state index contributed by atoms with van der Waals surface area (Å²) >= 11 is 3.37. The summed E-state index contributed by atoms with van der Waals surface area (Å²) in [6.07, 6.45) is -4.39. The number of hydrogen-bond donors (Lipinski definition) is 0. The van der Waals surface area contributed by atoms with Gasteiger partial charge in [-0.3, -0.25) is 9.69 Å². The molecule has 0 saturated carbocycles. The molecule has 1 aliphatic heterocycles. The number of oxazole rings is 1. The molecule has 29 heavy (non-hydrogen) atoms. The SMILES string of the molecule is CN1CCN(C(=O)c2ccc3oc(-c4ccc(Br)cc4)nc3c2)CC1C(F)(F)F. The molecule has 1 amide bonds. The standard InChI is InChI=1S/C20H17BrF3N3O2/c1-26-8-9-27(11-17(26)20(22,23)24)19(28)13-4-7-16-15(10-13)25-18(29-16)12-2-5-14(21)6-3-12/h2-7,10,17H,8-9,11H2,1H3. The molecular formula is C20H17BrF3N3O2. The van der Waals surface area contributed by atoms with E-state index in [0.717, 1.165) is 10.0 Å². The number of hydrogen-bond acceptors (Lipinski definition) is 4. The first kappa shape index (κ1) is 19.9. The zero-order chi connectivity index (χ0) is 20.8. The smallest absolute Gasteiger partial charge is 0.405 e. The minimum absolute atomic E-state index is 0.163. The van der Waals surface area contributed by atoms with Gasteiger partial charge in [0.05, 0.1) is 0 Å². The van der Waals surface area contributed by atoms with Crippen molar-refractivity contribution >= 4 is 32.9 Å². The number of nitrogens with zero attached hydrogens (tertiary/aromatic N) is 3. The molecule has 0 aliphatic carbocycles. The van der Waals surface area contributed by atoms with Crippen LogP contribution in [0, 0.1) is 0 Å². The van der Waals surface area contributed by atoms with Gasteiger partial charge in [0.25, 0.3) is 5.91 Å². The molecule has 1 unspecified atom stereocenters. The van der Waals surface area contributed by atoms with Crippen LogP contribution in [-0.2, 0) is 0 Å². The van der Waals surface area contributed by atoms with E-state index in [0.29, 0.717) is 22.6 Å². The Morgan fingerprint density at radius 3 is 2.59 bits per heavy atom. The monoisotopic (exact) mass is 467 g/mol. The molecular weight excluding hydrogens is 451 g/mol.